The van der Waals surface area contributed by atoms with Gasteiger partial charge in [-0.1, -0.05) is 13.3 Å². The van der Waals surface area contributed by atoms with E-state index in [4.69, 9.17) is 0 Å². The Morgan fingerprint density at radius 3 is 2.79 bits per heavy atom. The van der Waals surface area contributed by atoms with Crippen LogP contribution < -0.4 is 5.32 Å². The van der Waals surface area contributed by atoms with Gasteiger partial charge in [-0.2, -0.15) is 5.10 Å². The van der Waals surface area contributed by atoms with Gasteiger partial charge in [0.15, 0.2) is 0 Å². The molecule has 0 radical (unpaired) electrons. The molecular weight excluding hydrogens is 236 g/mol. The van der Waals surface area contributed by atoms with Crippen LogP contribution >= 0.6 is 0 Å². The van der Waals surface area contributed by atoms with Gasteiger partial charge in [0.25, 0.3) is 0 Å². The second-order valence-electron chi connectivity index (χ2n) is 4.95. The van der Waals surface area contributed by atoms with Gasteiger partial charge in [-0.05, 0) is 32.0 Å². The van der Waals surface area contributed by atoms with Crippen molar-refractivity contribution >= 4 is 0 Å². The third-order valence-corrected chi connectivity index (χ3v) is 3.48. The summed E-state index contributed by atoms with van der Waals surface area (Å²) in [7, 11) is 2.03. The first-order valence-electron chi connectivity index (χ1n) is 7.11. The van der Waals surface area contributed by atoms with Gasteiger partial charge in [0.2, 0.25) is 0 Å². The average molecular weight is 260 g/mol. The monoisotopic (exact) mass is 260 g/mol. The third kappa shape index (κ3) is 3.47. The Morgan fingerprint density at radius 1 is 1.32 bits per heavy atom. The van der Waals surface area contributed by atoms with Crippen molar-refractivity contribution in [2.24, 2.45) is 0 Å². The van der Waals surface area contributed by atoms with Crippen LogP contribution in [-0.4, -0.2) is 21.4 Å². The molecule has 2 aromatic heterocycles. The fourth-order valence-corrected chi connectivity index (χ4v) is 2.40. The maximum Gasteiger partial charge on any atom is 0.0539 e. The molecule has 1 atom stereocenters. The van der Waals surface area contributed by atoms with Gasteiger partial charge in [0, 0.05) is 36.7 Å². The van der Waals surface area contributed by atoms with Crippen molar-refractivity contribution in [2.75, 3.05) is 7.05 Å². The second kappa shape index (κ2) is 6.57. The standard InChI is InChI=1S/C15H24N4/c1-4-6-15(16-3)14-7-8-18(12-14)10-13-9-17-19(5-2)11-13/h7-9,11-12,15-16H,4-6,10H2,1-3H3. The molecule has 0 aliphatic carbocycles. The summed E-state index contributed by atoms with van der Waals surface area (Å²) in [6, 6.07) is 2.67. The number of aromatic nitrogens is 3. The summed E-state index contributed by atoms with van der Waals surface area (Å²) in [5, 5.41) is 7.69. The zero-order chi connectivity index (χ0) is 13.7. The van der Waals surface area contributed by atoms with Crippen LogP contribution in [0.15, 0.2) is 30.9 Å². The molecule has 4 nitrogen and oxygen atoms in total. The van der Waals surface area contributed by atoms with Gasteiger partial charge in [-0.15, -0.1) is 0 Å². The average Bonchev–Trinajstić information content (AvgIpc) is 3.05. The summed E-state index contributed by atoms with van der Waals surface area (Å²) in [5.74, 6) is 0. The van der Waals surface area contributed by atoms with Crippen LogP contribution in [0.5, 0.6) is 0 Å². The molecule has 2 aromatic rings. The number of nitrogens with one attached hydrogen (secondary N) is 1. The van der Waals surface area contributed by atoms with Crippen LogP contribution in [0.2, 0.25) is 0 Å². The Balaban J connectivity index is 2.04. The number of rotatable bonds is 7. The predicted octanol–water partition coefficient (Wildman–Crippen LogP) is 2.81. The Labute approximate surface area is 115 Å². The third-order valence-electron chi connectivity index (χ3n) is 3.48. The van der Waals surface area contributed by atoms with E-state index in [0.29, 0.717) is 6.04 Å². The predicted molar refractivity (Wildman–Crippen MR) is 78.1 cm³/mol. The maximum atomic E-state index is 4.31. The van der Waals surface area contributed by atoms with Crippen LogP contribution in [0.4, 0.5) is 0 Å². The lowest BCUT2D eigenvalue weighted by atomic mass is 10.1. The van der Waals surface area contributed by atoms with Gasteiger partial charge in [0.05, 0.1) is 12.7 Å². The first kappa shape index (κ1) is 13.9. The smallest absolute Gasteiger partial charge is 0.0539 e. The largest absolute Gasteiger partial charge is 0.349 e. The van der Waals surface area contributed by atoms with Gasteiger partial charge in [0.1, 0.15) is 0 Å². The van der Waals surface area contributed by atoms with E-state index >= 15 is 0 Å². The Hall–Kier alpha value is -1.55. The van der Waals surface area contributed by atoms with E-state index in [0.717, 1.165) is 13.1 Å². The topological polar surface area (TPSA) is 34.8 Å². The summed E-state index contributed by atoms with van der Waals surface area (Å²) in [6.07, 6.45) is 10.8. The van der Waals surface area contributed by atoms with Crippen molar-refractivity contribution < 1.29 is 0 Å². The lowest BCUT2D eigenvalue weighted by molar-refractivity contribution is 0.540. The van der Waals surface area contributed by atoms with Crippen LogP contribution in [0.3, 0.4) is 0 Å². The summed E-state index contributed by atoms with van der Waals surface area (Å²) >= 11 is 0. The normalized spacial score (nSPS) is 12.8. The highest BCUT2D eigenvalue weighted by atomic mass is 15.3. The Morgan fingerprint density at radius 2 is 2.16 bits per heavy atom. The molecule has 104 valence electrons. The zero-order valence-electron chi connectivity index (χ0n) is 12.1. The molecule has 0 fully saturated rings. The van der Waals surface area contributed by atoms with Gasteiger partial charge >= 0.3 is 0 Å². The molecule has 4 heteroatoms. The maximum absolute atomic E-state index is 4.31. The molecule has 0 saturated carbocycles. The number of hydrogen-bond acceptors (Lipinski definition) is 2. The van der Waals surface area contributed by atoms with E-state index in [1.165, 1.54) is 24.0 Å². The number of hydrogen-bond donors (Lipinski definition) is 1. The molecule has 0 aliphatic heterocycles. The van der Waals surface area contributed by atoms with Crippen LogP contribution in [-0.2, 0) is 13.1 Å². The van der Waals surface area contributed by atoms with Crippen molar-refractivity contribution in [2.45, 2.75) is 45.8 Å². The molecule has 19 heavy (non-hydrogen) atoms. The Kier molecular flexibility index (Phi) is 4.80. The molecular formula is C15H24N4. The van der Waals surface area contributed by atoms with Crippen molar-refractivity contribution in [3.8, 4) is 0 Å². The summed E-state index contributed by atoms with van der Waals surface area (Å²) < 4.78 is 4.19. The minimum atomic E-state index is 0.463. The summed E-state index contributed by atoms with van der Waals surface area (Å²) in [6.45, 7) is 6.14. The molecule has 0 aliphatic rings. The minimum absolute atomic E-state index is 0.463. The minimum Gasteiger partial charge on any atom is -0.349 e. The van der Waals surface area contributed by atoms with Crippen molar-refractivity contribution in [1.29, 1.82) is 0 Å². The highest BCUT2D eigenvalue weighted by Crippen LogP contribution is 2.18. The number of nitrogens with zero attached hydrogens (tertiary/aromatic N) is 3. The summed E-state index contributed by atoms with van der Waals surface area (Å²) in [5.41, 5.74) is 2.62. The Bertz CT molecular complexity index is 498. The first-order valence-corrected chi connectivity index (χ1v) is 7.11. The van der Waals surface area contributed by atoms with Crippen LogP contribution in [0, 0.1) is 0 Å². The van der Waals surface area contributed by atoms with E-state index < -0.39 is 0 Å². The van der Waals surface area contributed by atoms with Crippen molar-refractivity contribution in [1.82, 2.24) is 19.7 Å². The molecule has 0 spiro atoms. The van der Waals surface area contributed by atoms with Crippen LogP contribution in [0.1, 0.15) is 43.9 Å². The lowest BCUT2D eigenvalue weighted by Gasteiger charge is -2.13. The first-order chi connectivity index (χ1) is 9.26. The highest BCUT2D eigenvalue weighted by Gasteiger charge is 2.09. The second-order valence-corrected chi connectivity index (χ2v) is 4.95. The number of aryl methyl sites for hydroxylation is 1. The van der Waals surface area contributed by atoms with Crippen molar-refractivity contribution in [3.63, 3.8) is 0 Å². The quantitative estimate of drug-likeness (QED) is 0.830. The fourth-order valence-electron chi connectivity index (χ4n) is 2.40. The molecule has 0 bridgehead atoms. The van der Waals surface area contributed by atoms with Gasteiger partial charge in [-0.3, -0.25) is 4.68 Å². The van der Waals surface area contributed by atoms with E-state index in [1.807, 2.05) is 17.9 Å². The highest BCUT2D eigenvalue weighted by molar-refractivity contribution is 5.17. The molecule has 0 amide bonds. The molecule has 0 saturated heterocycles. The van der Waals surface area contributed by atoms with Crippen molar-refractivity contribution in [3.05, 3.63) is 42.0 Å². The molecule has 0 aromatic carbocycles. The van der Waals surface area contributed by atoms with Gasteiger partial charge < -0.3 is 9.88 Å². The molecule has 2 heterocycles. The molecule has 1 N–H and O–H groups in total. The SMILES string of the molecule is CCCC(NC)c1ccn(Cc2cnn(CC)c2)c1. The van der Waals surface area contributed by atoms with E-state index in [-0.39, 0.29) is 0 Å². The zero-order valence-corrected chi connectivity index (χ0v) is 12.1. The molecule has 1 unspecified atom stereocenters. The van der Waals surface area contributed by atoms with Crippen LogP contribution in [0.25, 0.3) is 0 Å². The van der Waals surface area contributed by atoms with E-state index in [9.17, 15) is 0 Å². The van der Waals surface area contributed by atoms with E-state index in [2.05, 4.69) is 53.5 Å². The molecule has 2 rings (SSSR count). The summed E-state index contributed by atoms with van der Waals surface area (Å²) in [4.78, 5) is 0. The van der Waals surface area contributed by atoms with E-state index in [1.54, 1.807) is 0 Å². The van der Waals surface area contributed by atoms with Gasteiger partial charge in [-0.25, -0.2) is 0 Å². The lowest BCUT2D eigenvalue weighted by Crippen LogP contribution is -2.15. The fraction of sp³-hybridized carbons (Fsp3) is 0.533.